The van der Waals surface area contributed by atoms with E-state index in [-0.39, 0.29) is 18.4 Å². The molecule has 1 aliphatic carbocycles. The van der Waals surface area contributed by atoms with Crippen LogP contribution in [-0.2, 0) is 9.59 Å². The molecular formula is C19H18Cl2N2O3. The molecule has 0 spiro atoms. The molecule has 0 aliphatic heterocycles. The Kier molecular flexibility index (Phi) is 5.69. The van der Waals surface area contributed by atoms with Gasteiger partial charge in [-0.2, -0.15) is 0 Å². The van der Waals surface area contributed by atoms with Gasteiger partial charge in [-0.1, -0.05) is 23.2 Å². The summed E-state index contributed by atoms with van der Waals surface area (Å²) < 4.78 is 5.40. The topological polar surface area (TPSA) is 58.6 Å². The number of nitrogens with zero attached hydrogens (tertiary/aromatic N) is 1. The second-order valence-corrected chi connectivity index (χ2v) is 6.92. The zero-order chi connectivity index (χ0) is 18.7. The average Bonchev–Trinajstić information content (AvgIpc) is 3.40. The molecule has 0 bridgehead atoms. The van der Waals surface area contributed by atoms with Crippen LogP contribution >= 0.6 is 23.2 Å². The van der Waals surface area contributed by atoms with Crippen molar-refractivity contribution in [2.45, 2.75) is 25.8 Å². The lowest BCUT2D eigenvalue weighted by Crippen LogP contribution is -2.30. The Morgan fingerprint density at radius 2 is 1.85 bits per heavy atom. The fraction of sp³-hybridized carbons (Fsp3) is 0.263. The standard InChI is InChI=1S/C19H18Cl2N2O3/c1-12(24)23(16-7-8-16)15-5-3-14(4-6-15)22-19(25)11-26-18-9-2-13(20)10-17(18)21/h2-6,9-10,16H,7-8,11H2,1H3,(H,22,25). The molecule has 3 rings (SSSR count). The molecule has 2 aromatic rings. The highest BCUT2D eigenvalue weighted by Crippen LogP contribution is 2.32. The van der Waals surface area contributed by atoms with Gasteiger partial charge in [0.2, 0.25) is 5.91 Å². The van der Waals surface area contributed by atoms with Crippen molar-refractivity contribution < 1.29 is 14.3 Å². The van der Waals surface area contributed by atoms with Crippen LogP contribution in [0.4, 0.5) is 11.4 Å². The minimum Gasteiger partial charge on any atom is -0.482 e. The Labute approximate surface area is 161 Å². The fourth-order valence-electron chi connectivity index (χ4n) is 2.62. The summed E-state index contributed by atoms with van der Waals surface area (Å²) in [5.74, 6) is 0.106. The molecule has 136 valence electrons. The number of ether oxygens (including phenoxy) is 1. The maximum atomic E-state index is 12.0. The molecule has 7 heteroatoms. The molecule has 2 amide bonds. The van der Waals surface area contributed by atoms with Gasteiger partial charge in [-0.05, 0) is 55.3 Å². The number of rotatable bonds is 6. The van der Waals surface area contributed by atoms with Gasteiger partial charge in [0, 0.05) is 29.4 Å². The summed E-state index contributed by atoms with van der Waals surface area (Å²) in [5.41, 5.74) is 1.46. The number of carbonyl (C=O) groups excluding carboxylic acids is 2. The van der Waals surface area contributed by atoms with Gasteiger partial charge in [-0.15, -0.1) is 0 Å². The molecule has 1 fully saturated rings. The van der Waals surface area contributed by atoms with Crippen LogP contribution in [-0.4, -0.2) is 24.5 Å². The lowest BCUT2D eigenvalue weighted by molar-refractivity contribution is -0.118. The zero-order valence-electron chi connectivity index (χ0n) is 14.2. The number of amides is 2. The fourth-order valence-corrected chi connectivity index (χ4v) is 3.08. The number of hydrogen-bond acceptors (Lipinski definition) is 3. The Bertz CT molecular complexity index is 820. The van der Waals surface area contributed by atoms with Gasteiger partial charge < -0.3 is 15.0 Å². The van der Waals surface area contributed by atoms with E-state index in [9.17, 15) is 9.59 Å². The number of benzene rings is 2. The molecule has 0 atom stereocenters. The Morgan fingerprint density at radius 1 is 1.15 bits per heavy atom. The van der Waals surface area contributed by atoms with E-state index in [4.69, 9.17) is 27.9 Å². The van der Waals surface area contributed by atoms with Crippen LogP contribution < -0.4 is 15.0 Å². The van der Waals surface area contributed by atoms with Gasteiger partial charge in [0.15, 0.2) is 6.61 Å². The SMILES string of the molecule is CC(=O)N(c1ccc(NC(=O)COc2ccc(Cl)cc2Cl)cc1)C1CC1. The number of halogens is 2. The third-order valence-corrected chi connectivity index (χ3v) is 4.46. The monoisotopic (exact) mass is 392 g/mol. The summed E-state index contributed by atoms with van der Waals surface area (Å²) in [4.78, 5) is 25.6. The number of carbonyl (C=O) groups is 2. The van der Waals surface area contributed by atoms with E-state index in [0.29, 0.717) is 27.5 Å². The van der Waals surface area contributed by atoms with E-state index >= 15 is 0 Å². The first-order valence-electron chi connectivity index (χ1n) is 8.21. The van der Waals surface area contributed by atoms with Crippen molar-refractivity contribution in [2.24, 2.45) is 0 Å². The van der Waals surface area contributed by atoms with E-state index in [0.717, 1.165) is 18.5 Å². The zero-order valence-corrected chi connectivity index (χ0v) is 15.7. The molecule has 5 nitrogen and oxygen atoms in total. The molecule has 0 heterocycles. The average molecular weight is 393 g/mol. The number of nitrogens with one attached hydrogen (secondary N) is 1. The van der Waals surface area contributed by atoms with Crippen LogP contribution in [0.1, 0.15) is 19.8 Å². The van der Waals surface area contributed by atoms with Crippen molar-refractivity contribution in [1.29, 1.82) is 0 Å². The van der Waals surface area contributed by atoms with Crippen molar-refractivity contribution in [2.75, 3.05) is 16.8 Å². The number of anilines is 2. The van der Waals surface area contributed by atoms with Crippen LogP contribution in [0.2, 0.25) is 10.0 Å². The molecule has 0 unspecified atom stereocenters. The molecule has 1 aliphatic rings. The molecule has 1 saturated carbocycles. The molecule has 0 radical (unpaired) electrons. The summed E-state index contributed by atoms with van der Waals surface area (Å²) >= 11 is 11.8. The van der Waals surface area contributed by atoms with E-state index in [2.05, 4.69) is 5.32 Å². The Balaban J connectivity index is 1.56. The quantitative estimate of drug-likeness (QED) is 0.785. The third kappa shape index (κ3) is 4.68. The lowest BCUT2D eigenvalue weighted by Gasteiger charge is -2.21. The van der Waals surface area contributed by atoms with E-state index < -0.39 is 0 Å². The van der Waals surface area contributed by atoms with Crippen molar-refractivity contribution in [3.63, 3.8) is 0 Å². The van der Waals surface area contributed by atoms with Gasteiger partial charge in [-0.3, -0.25) is 9.59 Å². The molecule has 26 heavy (non-hydrogen) atoms. The number of hydrogen-bond donors (Lipinski definition) is 1. The molecular weight excluding hydrogens is 375 g/mol. The highest BCUT2D eigenvalue weighted by molar-refractivity contribution is 6.35. The third-order valence-electron chi connectivity index (χ3n) is 3.93. The maximum absolute atomic E-state index is 12.0. The first-order valence-corrected chi connectivity index (χ1v) is 8.97. The summed E-state index contributed by atoms with van der Waals surface area (Å²) in [5, 5.41) is 3.59. The van der Waals surface area contributed by atoms with E-state index in [1.165, 1.54) is 0 Å². The summed E-state index contributed by atoms with van der Waals surface area (Å²) in [6.07, 6.45) is 2.06. The summed E-state index contributed by atoms with van der Waals surface area (Å²) in [7, 11) is 0. The van der Waals surface area contributed by atoms with Crippen LogP contribution in [0.15, 0.2) is 42.5 Å². The van der Waals surface area contributed by atoms with Crippen LogP contribution in [0.3, 0.4) is 0 Å². The van der Waals surface area contributed by atoms with Gasteiger partial charge in [-0.25, -0.2) is 0 Å². The van der Waals surface area contributed by atoms with Crippen molar-refractivity contribution in [3.8, 4) is 5.75 Å². The van der Waals surface area contributed by atoms with Gasteiger partial charge in [0.25, 0.3) is 5.91 Å². The van der Waals surface area contributed by atoms with Gasteiger partial charge in [0.05, 0.1) is 5.02 Å². The van der Waals surface area contributed by atoms with Gasteiger partial charge >= 0.3 is 0 Å². The predicted molar refractivity (Wildman–Crippen MR) is 103 cm³/mol. The largest absolute Gasteiger partial charge is 0.482 e. The van der Waals surface area contributed by atoms with E-state index in [1.54, 1.807) is 42.2 Å². The summed E-state index contributed by atoms with van der Waals surface area (Å²) in [6.45, 7) is 1.39. The van der Waals surface area contributed by atoms with Crippen molar-refractivity contribution in [3.05, 3.63) is 52.5 Å². The van der Waals surface area contributed by atoms with Crippen LogP contribution in [0.25, 0.3) is 0 Å². The van der Waals surface area contributed by atoms with E-state index in [1.807, 2.05) is 12.1 Å². The van der Waals surface area contributed by atoms with Crippen LogP contribution in [0, 0.1) is 0 Å². The minimum atomic E-state index is -0.311. The second kappa shape index (κ2) is 7.98. The molecule has 1 N–H and O–H groups in total. The normalized spacial score (nSPS) is 13.2. The maximum Gasteiger partial charge on any atom is 0.262 e. The smallest absolute Gasteiger partial charge is 0.262 e. The van der Waals surface area contributed by atoms with Crippen molar-refractivity contribution in [1.82, 2.24) is 0 Å². The Hall–Kier alpha value is -2.24. The minimum absolute atomic E-state index is 0.0255. The first-order chi connectivity index (χ1) is 12.4. The predicted octanol–water partition coefficient (Wildman–Crippen LogP) is 4.53. The highest BCUT2D eigenvalue weighted by Gasteiger charge is 2.31. The lowest BCUT2D eigenvalue weighted by atomic mass is 10.2. The van der Waals surface area contributed by atoms with Gasteiger partial charge in [0.1, 0.15) is 5.75 Å². The summed E-state index contributed by atoms with van der Waals surface area (Å²) in [6, 6.07) is 12.3. The second-order valence-electron chi connectivity index (χ2n) is 6.08. The molecule has 0 aromatic heterocycles. The first kappa shape index (κ1) is 18.5. The highest BCUT2D eigenvalue weighted by atomic mass is 35.5. The molecule has 2 aromatic carbocycles. The Morgan fingerprint density at radius 3 is 2.42 bits per heavy atom. The van der Waals surface area contributed by atoms with Crippen LogP contribution in [0.5, 0.6) is 5.75 Å². The van der Waals surface area contributed by atoms with Crippen molar-refractivity contribution >= 4 is 46.4 Å². The molecule has 0 saturated heterocycles.